The van der Waals surface area contributed by atoms with E-state index in [2.05, 4.69) is 38.1 Å². The first-order valence-electron chi connectivity index (χ1n) is 10.2. The van der Waals surface area contributed by atoms with Crippen LogP contribution in [0.3, 0.4) is 0 Å². The molecule has 3 aliphatic rings. The minimum Gasteiger partial charge on any atom is -0.369 e. The molecule has 2 saturated carbocycles. The maximum atomic E-state index is 14.5. The van der Waals surface area contributed by atoms with Crippen molar-refractivity contribution < 1.29 is 9.18 Å². The van der Waals surface area contributed by atoms with Crippen LogP contribution in [0.25, 0.3) is 0 Å². The standard InChI is InChI=1S/C21H25FN6O/c22-16-10-25-21-26-14-3-1-2-11(6-14)4-5-24-9-13-7-12-8-15(13)18(17(12)19(23)29)27-20(16)28-21/h1-3,6,10,12-13,15,17-18,24H,4-5,7-9H2,(H2,23,29)(H2,25,26,27,28)/t12-,13?,15-,17+,18-/m1/s1. The molecule has 2 heterocycles. The Hall–Kier alpha value is -2.74. The summed E-state index contributed by atoms with van der Waals surface area (Å²) < 4.78 is 14.5. The lowest BCUT2D eigenvalue weighted by atomic mass is 9.77. The van der Waals surface area contributed by atoms with Crippen LogP contribution in [0.4, 0.5) is 21.8 Å². The normalized spacial score (nSPS) is 30.6. The third-order valence-electron chi connectivity index (χ3n) is 6.70. The summed E-state index contributed by atoms with van der Waals surface area (Å²) in [4.78, 5) is 20.6. The first-order chi connectivity index (χ1) is 14.1. The van der Waals surface area contributed by atoms with E-state index in [1.54, 1.807) is 0 Å². The van der Waals surface area contributed by atoms with Crippen LogP contribution in [0.1, 0.15) is 18.4 Å². The molecule has 1 aromatic heterocycles. The highest BCUT2D eigenvalue weighted by Crippen LogP contribution is 2.52. The van der Waals surface area contributed by atoms with E-state index in [1.165, 1.54) is 5.56 Å². The van der Waals surface area contributed by atoms with E-state index in [9.17, 15) is 9.18 Å². The average Bonchev–Trinajstić information content (AvgIpc) is 3.26. The van der Waals surface area contributed by atoms with E-state index in [4.69, 9.17) is 5.73 Å². The summed E-state index contributed by atoms with van der Waals surface area (Å²) in [5.74, 6) is 0.229. The van der Waals surface area contributed by atoms with Gasteiger partial charge < -0.3 is 21.7 Å². The molecule has 5 rings (SSSR count). The molecular weight excluding hydrogens is 371 g/mol. The fraction of sp³-hybridized carbons (Fsp3) is 0.476. The molecule has 7 nitrogen and oxygen atoms in total. The van der Waals surface area contributed by atoms with Gasteiger partial charge in [0.1, 0.15) is 0 Å². The van der Waals surface area contributed by atoms with Gasteiger partial charge >= 0.3 is 0 Å². The second kappa shape index (κ2) is 7.26. The zero-order chi connectivity index (χ0) is 20.0. The highest BCUT2D eigenvalue weighted by atomic mass is 19.1. The largest absolute Gasteiger partial charge is 0.369 e. The molecule has 2 aromatic rings. The highest BCUT2D eigenvalue weighted by Gasteiger charge is 2.54. The van der Waals surface area contributed by atoms with Crippen LogP contribution in [0, 0.1) is 29.5 Å². The molecule has 2 fully saturated rings. The van der Waals surface area contributed by atoms with Crippen molar-refractivity contribution in [3.05, 3.63) is 41.8 Å². The molecule has 1 aromatic carbocycles. The Balaban J connectivity index is 1.51. The van der Waals surface area contributed by atoms with Gasteiger partial charge in [-0.25, -0.2) is 9.37 Å². The molecule has 0 spiro atoms. The average molecular weight is 396 g/mol. The number of hydrogen-bond acceptors (Lipinski definition) is 6. The Morgan fingerprint density at radius 3 is 3.00 bits per heavy atom. The lowest BCUT2D eigenvalue weighted by Gasteiger charge is -2.35. The van der Waals surface area contributed by atoms with Crippen molar-refractivity contribution in [1.82, 2.24) is 15.3 Å². The minimum atomic E-state index is -0.533. The van der Waals surface area contributed by atoms with Crippen molar-refractivity contribution >= 4 is 23.4 Å². The van der Waals surface area contributed by atoms with Crippen LogP contribution in [0.15, 0.2) is 30.5 Å². The second-order valence-electron chi connectivity index (χ2n) is 8.42. The van der Waals surface area contributed by atoms with Gasteiger partial charge in [0.05, 0.1) is 12.1 Å². The summed E-state index contributed by atoms with van der Waals surface area (Å²) >= 11 is 0. The molecule has 1 amide bonds. The maximum absolute atomic E-state index is 14.5. The molecular formula is C21H25FN6O. The van der Waals surface area contributed by atoms with Crippen molar-refractivity contribution in [2.24, 2.45) is 29.4 Å². The molecule has 0 saturated heterocycles. The number of carbonyl (C=O) groups excluding carboxylic acids is 1. The Kier molecular flexibility index (Phi) is 4.58. The van der Waals surface area contributed by atoms with E-state index in [-0.39, 0.29) is 35.5 Å². The van der Waals surface area contributed by atoms with E-state index in [1.807, 2.05) is 12.1 Å². The number of benzene rings is 1. The van der Waals surface area contributed by atoms with Gasteiger partial charge in [-0.05, 0) is 67.8 Å². The summed E-state index contributed by atoms with van der Waals surface area (Å²) in [6.07, 6.45) is 4.00. The summed E-state index contributed by atoms with van der Waals surface area (Å²) in [5.41, 5.74) is 7.78. The van der Waals surface area contributed by atoms with Crippen molar-refractivity contribution in [3.8, 4) is 0 Å². The quantitative estimate of drug-likeness (QED) is 0.588. The summed E-state index contributed by atoms with van der Waals surface area (Å²) in [5, 5.41) is 9.95. The van der Waals surface area contributed by atoms with Crippen molar-refractivity contribution in [2.45, 2.75) is 25.3 Å². The lowest BCUT2D eigenvalue weighted by Crippen LogP contribution is -2.47. The number of halogens is 1. The third-order valence-corrected chi connectivity index (χ3v) is 6.70. The fourth-order valence-electron chi connectivity index (χ4n) is 5.48. The van der Waals surface area contributed by atoms with Crippen LogP contribution < -0.4 is 21.7 Å². The molecule has 29 heavy (non-hydrogen) atoms. The number of anilines is 3. The number of fused-ring (bicyclic) bond motifs is 5. The van der Waals surface area contributed by atoms with E-state index >= 15 is 0 Å². The lowest BCUT2D eigenvalue weighted by molar-refractivity contribution is -0.123. The number of nitrogens with one attached hydrogen (secondary N) is 3. The predicted molar refractivity (Wildman–Crippen MR) is 108 cm³/mol. The summed E-state index contributed by atoms with van der Waals surface area (Å²) in [6, 6.07) is 7.85. The predicted octanol–water partition coefficient (Wildman–Crippen LogP) is 2.04. The summed E-state index contributed by atoms with van der Waals surface area (Å²) in [6.45, 7) is 1.77. The van der Waals surface area contributed by atoms with Gasteiger partial charge in [-0.2, -0.15) is 4.98 Å². The van der Waals surface area contributed by atoms with Crippen molar-refractivity contribution in [2.75, 3.05) is 23.7 Å². The van der Waals surface area contributed by atoms with Gasteiger partial charge in [0.25, 0.3) is 0 Å². The van der Waals surface area contributed by atoms with Crippen LogP contribution in [0.5, 0.6) is 0 Å². The molecule has 2 aliphatic carbocycles. The number of carbonyl (C=O) groups is 1. The Bertz CT molecular complexity index is 937. The first-order valence-corrected chi connectivity index (χ1v) is 10.2. The minimum absolute atomic E-state index is 0.115. The number of nitrogens with zero attached hydrogens (tertiary/aromatic N) is 2. The smallest absolute Gasteiger partial charge is 0.229 e. The van der Waals surface area contributed by atoms with Crippen molar-refractivity contribution in [3.63, 3.8) is 0 Å². The van der Waals surface area contributed by atoms with Gasteiger partial charge in [-0.15, -0.1) is 0 Å². The summed E-state index contributed by atoms with van der Waals surface area (Å²) in [7, 11) is 0. The zero-order valence-electron chi connectivity index (χ0n) is 16.1. The molecule has 1 unspecified atom stereocenters. The number of rotatable bonds is 1. The maximum Gasteiger partial charge on any atom is 0.229 e. The molecule has 152 valence electrons. The Morgan fingerprint density at radius 1 is 1.24 bits per heavy atom. The molecule has 6 bridgehead atoms. The van der Waals surface area contributed by atoms with Gasteiger partial charge in [-0.1, -0.05) is 12.1 Å². The van der Waals surface area contributed by atoms with E-state index in [0.717, 1.165) is 44.2 Å². The Morgan fingerprint density at radius 2 is 2.14 bits per heavy atom. The number of nitrogens with two attached hydrogens (primary N) is 1. The molecule has 0 radical (unpaired) electrons. The van der Waals surface area contributed by atoms with Gasteiger partial charge in [0, 0.05) is 11.7 Å². The van der Waals surface area contributed by atoms with Gasteiger partial charge in [0.2, 0.25) is 11.9 Å². The number of primary amides is 1. The van der Waals surface area contributed by atoms with E-state index < -0.39 is 5.82 Å². The fourth-order valence-corrected chi connectivity index (χ4v) is 5.48. The SMILES string of the molecule is NC(=O)[C@H]1[C@@H]2CC3CNCCc4cccc(c4)Nc4ncc(F)c(n4)N[C@@H]1[C@@H]3C2. The Labute approximate surface area is 168 Å². The zero-order valence-corrected chi connectivity index (χ0v) is 16.1. The second-order valence-corrected chi connectivity index (χ2v) is 8.42. The van der Waals surface area contributed by atoms with Crippen LogP contribution >= 0.6 is 0 Å². The van der Waals surface area contributed by atoms with Crippen LogP contribution in [-0.4, -0.2) is 35.0 Å². The van der Waals surface area contributed by atoms with Crippen LogP contribution in [-0.2, 0) is 11.2 Å². The highest BCUT2D eigenvalue weighted by molar-refractivity contribution is 5.79. The third kappa shape index (κ3) is 3.42. The molecule has 8 heteroatoms. The molecule has 5 atom stereocenters. The van der Waals surface area contributed by atoms with Crippen molar-refractivity contribution in [1.29, 1.82) is 0 Å². The molecule has 1 aliphatic heterocycles. The topological polar surface area (TPSA) is 105 Å². The van der Waals surface area contributed by atoms with Crippen LogP contribution in [0.2, 0.25) is 0 Å². The van der Waals surface area contributed by atoms with Gasteiger partial charge in [-0.3, -0.25) is 4.79 Å². The number of amides is 1. The number of hydrogen-bond donors (Lipinski definition) is 4. The number of aromatic nitrogens is 2. The van der Waals surface area contributed by atoms with E-state index in [0.29, 0.717) is 11.9 Å². The van der Waals surface area contributed by atoms with Gasteiger partial charge in [0.15, 0.2) is 11.6 Å². The first kappa shape index (κ1) is 18.3. The monoisotopic (exact) mass is 396 g/mol. The molecule has 5 N–H and O–H groups in total.